The number of rotatable bonds is 4. The van der Waals surface area contributed by atoms with Crippen molar-refractivity contribution in [3.63, 3.8) is 0 Å². The van der Waals surface area contributed by atoms with Gasteiger partial charge in [0.05, 0.1) is 17.4 Å². The van der Waals surface area contributed by atoms with Crippen LogP contribution in [0.25, 0.3) is 0 Å². The highest BCUT2D eigenvalue weighted by atomic mass is 32.2. The van der Waals surface area contributed by atoms with Crippen LogP contribution in [0.1, 0.15) is 18.4 Å². The second-order valence-electron chi connectivity index (χ2n) is 6.21. The summed E-state index contributed by atoms with van der Waals surface area (Å²) in [6.07, 6.45) is 0.642. The topological polar surface area (TPSA) is 83.6 Å². The van der Waals surface area contributed by atoms with Crippen molar-refractivity contribution in [3.8, 4) is 0 Å². The summed E-state index contributed by atoms with van der Waals surface area (Å²) in [5, 5.41) is 2.85. The SMILES string of the molecule is O=C(NCc1ccccc1)C1CC(=O)N(C2CCS(=O)(=O)C2)C1. The molecule has 2 aliphatic rings. The fourth-order valence-corrected chi connectivity index (χ4v) is 4.94. The van der Waals surface area contributed by atoms with Crippen LogP contribution in [0.3, 0.4) is 0 Å². The molecule has 1 N–H and O–H groups in total. The number of sulfone groups is 1. The number of likely N-dealkylation sites (tertiary alicyclic amines) is 1. The molecule has 7 heteroatoms. The molecule has 2 heterocycles. The molecule has 2 unspecified atom stereocenters. The summed E-state index contributed by atoms with van der Waals surface area (Å²) < 4.78 is 23.1. The molecule has 0 aromatic heterocycles. The van der Waals surface area contributed by atoms with Gasteiger partial charge in [0.15, 0.2) is 9.84 Å². The van der Waals surface area contributed by atoms with E-state index in [2.05, 4.69) is 5.32 Å². The Morgan fingerprint density at radius 1 is 1.26 bits per heavy atom. The van der Waals surface area contributed by atoms with E-state index in [-0.39, 0.29) is 35.8 Å². The molecule has 6 nitrogen and oxygen atoms in total. The summed E-state index contributed by atoms with van der Waals surface area (Å²) >= 11 is 0. The van der Waals surface area contributed by atoms with Crippen molar-refractivity contribution in [3.05, 3.63) is 35.9 Å². The number of hydrogen-bond donors (Lipinski definition) is 1. The molecule has 1 aromatic carbocycles. The number of hydrogen-bond acceptors (Lipinski definition) is 4. The lowest BCUT2D eigenvalue weighted by Crippen LogP contribution is -2.39. The van der Waals surface area contributed by atoms with Crippen LogP contribution in [-0.2, 0) is 26.0 Å². The zero-order valence-electron chi connectivity index (χ0n) is 12.8. The summed E-state index contributed by atoms with van der Waals surface area (Å²) in [5.74, 6) is -0.504. The van der Waals surface area contributed by atoms with Crippen molar-refractivity contribution in [2.45, 2.75) is 25.4 Å². The van der Waals surface area contributed by atoms with Crippen LogP contribution >= 0.6 is 0 Å². The summed E-state index contributed by atoms with van der Waals surface area (Å²) in [4.78, 5) is 25.9. The van der Waals surface area contributed by atoms with Crippen LogP contribution < -0.4 is 5.32 Å². The van der Waals surface area contributed by atoms with E-state index in [9.17, 15) is 18.0 Å². The lowest BCUT2D eigenvalue weighted by molar-refractivity contribution is -0.130. The van der Waals surface area contributed by atoms with Gasteiger partial charge < -0.3 is 10.2 Å². The predicted molar refractivity (Wildman–Crippen MR) is 85.2 cm³/mol. The number of carbonyl (C=O) groups excluding carboxylic acids is 2. The van der Waals surface area contributed by atoms with Gasteiger partial charge in [-0.05, 0) is 12.0 Å². The minimum Gasteiger partial charge on any atom is -0.352 e. The molecule has 124 valence electrons. The average molecular weight is 336 g/mol. The number of amides is 2. The normalized spacial score (nSPS) is 26.4. The highest BCUT2D eigenvalue weighted by molar-refractivity contribution is 7.91. The third-order valence-electron chi connectivity index (χ3n) is 4.49. The summed E-state index contributed by atoms with van der Waals surface area (Å²) in [7, 11) is -3.03. The largest absolute Gasteiger partial charge is 0.352 e. The highest BCUT2D eigenvalue weighted by Gasteiger charge is 2.41. The molecular weight excluding hydrogens is 316 g/mol. The lowest BCUT2D eigenvalue weighted by atomic mass is 10.1. The summed E-state index contributed by atoms with van der Waals surface area (Å²) in [6.45, 7) is 0.752. The van der Waals surface area contributed by atoms with E-state index >= 15 is 0 Å². The van der Waals surface area contributed by atoms with Crippen molar-refractivity contribution < 1.29 is 18.0 Å². The maximum atomic E-state index is 12.2. The maximum absolute atomic E-state index is 12.2. The van der Waals surface area contributed by atoms with Crippen LogP contribution in [0.2, 0.25) is 0 Å². The van der Waals surface area contributed by atoms with E-state index in [1.807, 2.05) is 30.3 Å². The molecular formula is C16H20N2O4S. The Morgan fingerprint density at radius 3 is 2.65 bits per heavy atom. The first-order valence-corrected chi connectivity index (χ1v) is 9.58. The molecule has 2 fully saturated rings. The van der Waals surface area contributed by atoms with Gasteiger partial charge in [-0.25, -0.2) is 8.42 Å². The van der Waals surface area contributed by atoms with E-state index in [0.717, 1.165) is 5.56 Å². The molecule has 0 saturated carbocycles. The zero-order chi connectivity index (χ0) is 16.4. The second-order valence-corrected chi connectivity index (χ2v) is 8.44. The molecule has 2 aliphatic heterocycles. The van der Waals surface area contributed by atoms with Gasteiger partial charge >= 0.3 is 0 Å². The number of nitrogens with one attached hydrogen (secondary N) is 1. The average Bonchev–Trinajstić information content (AvgIpc) is 3.08. The molecule has 0 spiro atoms. The first-order valence-electron chi connectivity index (χ1n) is 7.76. The van der Waals surface area contributed by atoms with E-state index in [4.69, 9.17) is 0 Å². The quantitative estimate of drug-likeness (QED) is 0.859. The van der Waals surface area contributed by atoms with Gasteiger partial charge in [0, 0.05) is 25.6 Å². The Bertz CT molecular complexity index is 702. The zero-order valence-corrected chi connectivity index (χ0v) is 13.6. The highest BCUT2D eigenvalue weighted by Crippen LogP contribution is 2.26. The van der Waals surface area contributed by atoms with Gasteiger partial charge in [0.1, 0.15) is 0 Å². The monoisotopic (exact) mass is 336 g/mol. The van der Waals surface area contributed by atoms with Gasteiger partial charge in [0.25, 0.3) is 0 Å². The standard InChI is InChI=1S/C16H20N2O4S/c19-15-8-13(10-18(15)14-6-7-23(21,22)11-14)16(20)17-9-12-4-2-1-3-5-12/h1-5,13-14H,6-11H2,(H,17,20). The molecule has 23 heavy (non-hydrogen) atoms. The van der Waals surface area contributed by atoms with E-state index in [1.54, 1.807) is 4.90 Å². The van der Waals surface area contributed by atoms with Crippen molar-refractivity contribution >= 4 is 21.7 Å². The van der Waals surface area contributed by atoms with Crippen molar-refractivity contribution in [1.82, 2.24) is 10.2 Å². The molecule has 2 saturated heterocycles. The first-order chi connectivity index (χ1) is 10.9. The fourth-order valence-electron chi connectivity index (χ4n) is 3.21. The minimum absolute atomic E-state index is 0.0249. The summed E-state index contributed by atoms with van der Waals surface area (Å²) in [6, 6.07) is 9.31. The minimum atomic E-state index is -3.03. The van der Waals surface area contributed by atoms with Crippen LogP contribution in [0, 0.1) is 5.92 Å². The van der Waals surface area contributed by atoms with Gasteiger partial charge in [-0.2, -0.15) is 0 Å². The number of benzene rings is 1. The van der Waals surface area contributed by atoms with Crippen LogP contribution in [0.15, 0.2) is 30.3 Å². The third-order valence-corrected chi connectivity index (χ3v) is 6.24. The number of nitrogens with zero attached hydrogens (tertiary/aromatic N) is 1. The number of carbonyl (C=O) groups is 2. The molecule has 0 radical (unpaired) electrons. The summed E-state index contributed by atoms with van der Waals surface area (Å²) in [5.41, 5.74) is 1.00. The fraction of sp³-hybridized carbons (Fsp3) is 0.500. The van der Waals surface area contributed by atoms with Crippen molar-refractivity contribution in [2.75, 3.05) is 18.1 Å². The van der Waals surface area contributed by atoms with Gasteiger partial charge in [-0.1, -0.05) is 30.3 Å². The molecule has 0 aliphatic carbocycles. The molecule has 3 rings (SSSR count). The van der Waals surface area contributed by atoms with Gasteiger partial charge in [-0.15, -0.1) is 0 Å². The Labute approximate surface area is 135 Å². The first kappa shape index (κ1) is 16.0. The van der Waals surface area contributed by atoms with Crippen molar-refractivity contribution in [1.29, 1.82) is 0 Å². The Kier molecular flexibility index (Phi) is 4.39. The molecule has 2 amide bonds. The Morgan fingerprint density at radius 2 is 2.00 bits per heavy atom. The van der Waals surface area contributed by atoms with E-state index in [1.165, 1.54) is 0 Å². The lowest BCUT2D eigenvalue weighted by Gasteiger charge is -2.22. The molecule has 0 bridgehead atoms. The van der Waals surface area contributed by atoms with Crippen LogP contribution in [0.4, 0.5) is 0 Å². The third kappa shape index (κ3) is 3.72. The smallest absolute Gasteiger partial charge is 0.225 e. The maximum Gasteiger partial charge on any atom is 0.225 e. The predicted octanol–water partition coefficient (Wildman–Crippen LogP) is 0.338. The van der Waals surface area contributed by atoms with E-state index in [0.29, 0.717) is 19.5 Å². The van der Waals surface area contributed by atoms with Crippen LogP contribution in [-0.4, -0.2) is 49.2 Å². The van der Waals surface area contributed by atoms with Gasteiger partial charge in [-0.3, -0.25) is 9.59 Å². The second kappa shape index (κ2) is 6.31. The van der Waals surface area contributed by atoms with Crippen molar-refractivity contribution in [2.24, 2.45) is 5.92 Å². The molecule has 2 atom stereocenters. The Balaban J connectivity index is 1.56. The molecule has 1 aromatic rings. The van der Waals surface area contributed by atoms with Gasteiger partial charge in [0.2, 0.25) is 11.8 Å². The van der Waals surface area contributed by atoms with E-state index < -0.39 is 15.8 Å². The Hall–Kier alpha value is -1.89. The van der Waals surface area contributed by atoms with Crippen LogP contribution in [0.5, 0.6) is 0 Å².